The molecule has 0 aliphatic heterocycles. The van der Waals surface area contributed by atoms with E-state index in [1.54, 1.807) is 0 Å². The van der Waals surface area contributed by atoms with E-state index in [2.05, 4.69) is 82.4 Å². The molecular formula is C28H18N3O+. The standard InChI is InChI=1S/C28H18N3O/c1-16-26-19-13-12-17(29-2)14-24(19)32-25(26)15-20-18-8-4-5-9-21(18)31-23-11-7-6-10-22(23)30(3)28(31)27(16)20/h4-15H,1,3H3/q+1. The van der Waals surface area contributed by atoms with Gasteiger partial charge in [-0.05, 0) is 42.8 Å². The van der Waals surface area contributed by atoms with Crippen LogP contribution in [0.4, 0.5) is 5.69 Å². The predicted molar refractivity (Wildman–Crippen MR) is 129 cm³/mol. The number of fused-ring (bicyclic) bond motifs is 11. The Bertz CT molecular complexity index is 1960. The third-order valence-corrected chi connectivity index (χ3v) is 6.80. The van der Waals surface area contributed by atoms with Crippen molar-refractivity contribution in [3.8, 4) is 0 Å². The Morgan fingerprint density at radius 3 is 2.44 bits per heavy atom. The van der Waals surface area contributed by atoms with Gasteiger partial charge in [0.05, 0.1) is 19.0 Å². The summed E-state index contributed by atoms with van der Waals surface area (Å²) < 4.78 is 11.0. The zero-order valence-corrected chi connectivity index (χ0v) is 17.7. The van der Waals surface area contributed by atoms with E-state index in [0.717, 1.165) is 21.9 Å². The van der Waals surface area contributed by atoms with Crippen molar-refractivity contribution in [2.24, 2.45) is 7.05 Å². The minimum atomic E-state index is 0.593. The minimum Gasteiger partial charge on any atom is -0.457 e. The van der Waals surface area contributed by atoms with Gasteiger partial charge in [-0.2, -0.15) is 4.40 Å². The number of hydrogen-bond acceptors (Lipinski definition) is 1. The fourth-order valence-corrected chi connectivity index (χ4v) is 5.43. The topological polar surface area (TPSA) is 25.8 Å². The molecular weight excluding hydrogens is 394 g/mol. The van der Waals surface area contributed by atoms with Crippen LogP contribution in [0.25, 0.3) is 65.1 Å². The van der Waals surface area contributed by atoms with Crippen LogP contribution in [0.3, 0.4) is 0 Å². The van der Waals surface area contributed by atoms with Crippen LogP contribution in [0.5, 0.6) is 0 Å². The van der Waals surface area contributed by atoms with Gasteiger partial charge < -0.3 is 4.42 Å². The maximum absolute atomic E-state index is 7.35. The lowest BCUT2D eigenvalue weighted by Crippen LogP contribution is -2.27. The van der Waals surface area contributed by atoms with Gasteiger partial charge in [0, 0.05) is 21.5 Å². The minimum absolute atomic E-state index is 0.593. The van der Waals surface area contributed by atoms with Gasteiger partial charge in [-0.3, -0.25) is 0 Å². The third-order valence-electron chi connectivity index (χ3n) is 6.80. The van der Waals surface area contributed by atoms with E-state index in [0.29, 0.717) is 5.69 Å². The first kappa shape index (κ1) is 17.3. The van der Waals surface area contributed by atoms with Crippen molar-refractivity contribution in [1.29, 1.82) is 0 Å². The largest absolute Gasteiger partial charge is 0.457 e. The second kappa shape index (κ2) is 5.87. The highest BCUT2D eigenvalue weighted by Crippen LogP contribution is 2.41. The summed E-state index contributed by atoms with van der Waals surface area (Å²) in [5, 5.41) is 5.78. The molecule has 150 valence electrons. The van der Waals surface area contributed by atoms with Crippen LogP contribution in [-0.4, -0.2) is 4.40 Å². The normalized spacial score (nSPS) is 12.0. The number of para-hydroxylation sites is 3. The summed E-state index contributed by atoms with van der Waals surface area (Å²) in [6.45, 7) is 9.54. The van der Waals surface area contributed by atoms with Crippen LogP contribution >= 0.6 is 0 Å². The first-order valence-electron chi connectivity index (χ1n) is 10.6. The molecule has 0 fully saturated rings. The molecule has 0 spiro atoms. The fourth-order valence-electron chi connectivity index (χ4n) is 5.43. The Morgan fingerprint density at radius 2 is 1.59 bits per heavy atom. The maximum Gasteiger partial charge on any atom is 0.295 e. The molecule has 3 aromatic heterocycles. The Labute approximate surface area is 183 Å². The molecule has 0 bridgehead atoms. The summed E-state index contributed by atoms with van der Waals surface area (Å²) in [6.07, 6.45) is 0. The van der Waals surface area contributed by atoms with Crippen molar-refractivity contribution in [3.05, 3.63) is 89.8 Å². The van der Waals surface area contributed by atoms with E-state index in [1.165, 1.54) is 43.9 Å². The van der Waals surface area contributed by atoms with E-state index in [1.807, 2.05) is 18.2 Å². The molecule has 0 aliphatic rings. The lowest BCUT2D eigenvalue weighted by Gasteiger charge is -2.08. The van der Waals surface area contributed by atoms with Gasteiger partial charge in [-0.1, -0.05) is 42.5 Å². The first-order chi connectivity index (χ1) is 15.7. The number of imidazole rings is 1. The van der Waals surface area contributed by atoms with Crippen LogP contribution < -0.4 is 4.57 Å². The molecule has 4 heteroatoms. The number of pyridine rings is 1. The van der Waals surface area contributed by atoms with Gasteiger partial charge in [-0.25, -0.2) is 9.41 Å². The molecule has 0 radical (unpaired) electrons. The van der Waals surface area contributed by atoms with Crippen molar-refractivity contribution in [2.75, 3.05) is 0 Å². The van der Waals surface area contributed by atoms with Crippen molar-refractivity contribution < 1.29 is 8.98 Å². The number of aryl methyl sites for hydroxylation is 2. The summed E-state index contributed by atoms with van der Waals surface area (Å²) in [4.78, 5) is 3.57. The Morgan fingerprint density at radius 1 is 0.812 bits per heavy atom. The smallest absolute Gasteiger partial charge is 0.295 e. The molecule has 7 rings (SSSR count). The highest BCUT2D eigenvalue weighted by Gasteiger charge is 2.26. The van der Waals surface area contributed by atoms with E-state index in [4.69, 9.17) is 11.0 Å². The highest BCUT2D eigenvalue weighted by molar-refractivity contribution is 6.21. The molecule has 7 aromatic rings. The van der Waals surface area contributed by atoms with Crippen molar-refractivity contribution >= 4 is 66.0 Å². The summed E-state index contributed by atoms with van der Waals surface area (Å²) in [5.74, 6) is 0. The molecule has 0 aliphatic carbocycles. The van der Waals surface area contributed by atoms with Crippen LogP contribution in [0, 0.1) is 13.5 Å². The quantitative estimate of drug-likeness (QED) is 0.150. The molecule has 0 atom stereocenters. The molecule has 0 saturated heterocycles. The number of hydrogen-bond donors (Lipinski definition) is 0. The summed E-state index contributed by atoms with van der Waals surface area (Å²) >= 11 is 0. The lowest BCUT2D eigenvalue weighted by molar-refractivity contribution is -0.617. The summed E-state index contributed by atoms with van der Waals surface area (Å²) in [6, 6.07) is 25.0. The number of aromatic nitrogens is 2. The number of furan rings is 1. The number of nitrogens with zero attached hydrogens (tertiary/aromatic N) is 3. The maximum atomic E-state index is 7.35. The van der Waals surface area contributed by atoms with E-state index < -0.39 is 0 Å². The van der Waals surface area contributed by atoms with Gasteiger partial charge in [0.15, 0.2) is 16.7 Å². The summed E-state index contributed by atoms with van der Waals surface area (Å²) in [5.41, 5.74) is 8.16. The summed E-state index contributed by atoms with van der Waals surface area (Å²) in [7, 11) is 2.14. The molecule has 0 unspecified atom stereocenters. The Balaban J connectivity index is 1.84. The van der Waals surface area contributed by atoms with Gasteiger partial charge in [0.1, 0.15) is 16.7 Å². The third kappa shape index (κ3) is 1.98. The second-order valence-electron chi connectivity index (χ2n) is 8.42. The SMILES string of the molecule is [C-]#[N+]c1ccc2c(c1)oc1cc3c4ccccc4n4c5ccccc5[n+](C)c4c3c(C)c12. The molecule has 32 heavy (non-hydrogen) atoms. The Kier molecular flexibility index (Phi) is 3.18. The number of rotatable bonds is 0. The lowest BCUT2D eigenvalue weighted by atomic mass is 9.97. The van der Waals surface area contributed by atoms with Crippen LogP contribution in [0.2, 0.25) is 0 Å². The first-order valence-corrected chi connectivity index (χ1v) is 10.6. The predicted octanol–water partition coefficient (Wildman–Crippen LogP) is 6.98. The molecule has 0 saturated carbocycles. The van der Waals surface area contributed by atoms with Crippen molar-refractivity contribution in [2.45, 2.75) is 6.92 Å². The molecule has 0 N–H and O–H groups in total. The molecule has 3 heterocycles. The second-order valence-corrected chi connectivity index (χ2v) is 8.42. The van der Waals surface area contributed by atoms with Crippen LogP contribution in [0.1, 0.15) is 5.56 Å². The average Bonchev–Trinajstić information content (AvgIpc) is 3.34. The van der Waals surface area contributed by atoms with Crippen LogP contribution in [0.15, 0.2) is 77.2 Å². The van der Waals surface area contributed by atoms with Crippen molar-refractivity contribution in [1.82, 2.24) is 4.40 Å². The van der Waals surface area contributed by atoms with E-state index in [-0.39, 0.29) is 0 Å². The van der Waals surface area contributed by atoms with E-state index >= 15 is 0 Å². The van der Waals surface area contributed by atoms with Gasteiger partial charge in [0.2, 0.25) is 0 Å². The molecule has 4 nitrogen and oxygen atoms in total. The van der Waals surface area contributed by atoms with E-state index in [9.17, 15) is 0 Å². The Hall–Kier alpha value is -4.36. The molecule has 4 aromatic carbocycles. The van der Waals surface area contributed by atoms with Gasteiger partial charge in [-0.15, -0.1) is 0 Å². The molecule has 0 amide bonds. The van der Waals surface area contributed by atoms with Crippen molar-refractivity contribution in [3.63, 3.8) is 0 Å². The monoisotopic (exact) mass is 412 g/mol. The fraction of sp³-hybridized carbons (Fsp3) is 0.0714. The zero-order chi connectivity index (χ0) is 21.6. The number of benzene rings is 4. The van der Waals surface area contributed by atoms with Gasteiger partial charge in [0.25, 0.3) is 5.65 Å². The van der Waals surface area contributed by atoms with Gasteiger partial charge >= 0.3 is 0 Å². The average molecular weight is 412 g/mol. The van der Waals surface area contributed by atoms with Crippen LogP contribution in [-0.2, 0) is 7.05 Å². The zero-order valence-electron chi connectivity index (χ0n) is 17.7. The highest BCUT2D eigenvalue weighted by atomic mass is 16.3.